The smallest absolute Gasteiger partial charge is 0.319 e. The van der Waals surface area contributed by atoms with Crippen LogP contribution in [0.5, 0.6) is 0 Å². The van der Waals surface area contributed by atoms with E-state index in [1.54, 1.807) is 4.90 Å². The number of hydrogen-bond donors (Lipinski definition) is 0. The molecule has 6 heteroatoms. The summed E-state index contributed by atoms with van der Waals surface area (Å²) in [6.07, 6.45) is 3.18. The van der Waals surface area contributed by atoms with Crippen molar-refractivity contribution in [3.8, 4) is 0 Å². The SMILES string of the molecule is COC(=O)CN(CCC1CCCO1)CC(=O)OC. The van der Waals surface area contributed by atoms with Crippen LogP contribution in [-0.4, -0.2) is 63.4 Å². The molecule has 0 aromatic heterocycles. The average molecular weight is 259 g/mol. The van der Waals surface area contributed by atoms with Gasteiger partial charge in [0.25, 0.3) is 0 Å². The first-order valence-corrected chi connectivity index (χ1v) is 6.13. The van der Waals surface area contributed by atoms with Crippen LogP contribution in [0.4, 0.5) is 0 Å². The van der Waals surface area contributed by atoms with Crippen molar-refractivity contribution in [2.24, 2.45) is 0 Å². The largest absolute Gasteiger partial charge is 0.468 e. The summed E-state index contributed by atoms with van der Waals surface area (Å²) in [5.41, 5.74) is 0. The monoisotopic (exact) mass is 259 g/mol. The molecule has 0 aromatic carbocycles. The molecule has 1 unspecified atom stereocenters. The third-order valence-corrected chi connectivity index (χ3v) is 2.95. The van der Waals surface area contributed by atoms with Gasteiger partial charge in [-0.2, -0.15) is 0 Å². The molecule has 0 aliphatic carbocycles. The molecule has 1 atom stereocenters. The van der Waals surface area contributed by atoms with E-state index in [1.165, 1.54) is 14.2 Å². The molecule has 1 rings (SSSR count). The second-order valence-corrected chi connectivity index (χ2v) is 4.29. The molecular formula is C12H21NO5. The van der Waals surface area contributed by atoms with Gasteiger partial charge in [0, 0.05) is 13.2 Å². The van der Waals surface area contributed by atoms with Gasteiger partial charge in [0.15, 0.2) is 0 Å². The fourth-order valence-corrected chi connectivity index (χ4v) is 1.91. The summed E-state index contributed by atoms with van der Waals surface area (Å²) in [6, 6.07) is 0. The molecule has 104 valence electrons. The Hall–Kier alpha value is -1.14. The van der Waals surface area contributed by atoms with Crippen LogP contribution < -0.4 is 0 Å². The van der Waals surface area contributed by atoms with E-state index in [9.17, 15) is 9.59 Å². The van der Waals surface area contributed by atoms with E-state index in [4.69, 9.17) is 4.74 Å². The normalized spacial score (nSPS) is 18.9. The molecular weight excluding hydrogens is 238 g/mol. The predicted molar refractivity (Wildman–Crippen MR) is 64.1 cm³/mol. The van der Waals surface area contributed by atoms with Crippen molar-refractivity contribution in [2.75, 3.05) is 40.5 Å². The molecule has 1 heterocycles. The third-order valence-electron chi connectivity index (χ3n) is 2.95. The standard InChI is InChI=1S/C12H21NO5/c1-16-11(14)8-13(9-12(15)17-2)6-5-10-4-3-7-18-10/h10H,3-9H2,1-2H3. The van der Waals surface area contributed by atoms with E-state index in [1.807, 2.05) is 0 Å². The molecule has 18 heavy (non-hydrogen) atoms. The lowest BCUT2D eigenvalue weighted by molar-refractivity contribution is -0.145. The lowest BCUT2D eigenvalue weighted by Crippen LogP contribution is -2.37. The van der Waals surface area contributed by atoms with Gasteiger partial charge >= 0.3 is 11.9 Å². The Balaban J connectivity index is 2.37. The van der Waals surface area contributed by atoms with Gasteiger partial charge in [-0.25, -0.2) is 0 Å². The van der Waals surface area contributed by atoms with Crippen LogP contribution in [0.25, 0.3) is 0 Å². The minimum absolute atomic E-state index is 0.0956. The number of methoxy groups -OCH3 is 2. The second kappa shape index (κ2) is 8.05. The predicted octanol–water partition coefficient (Wildman–Crippen LogP) is 0.204. The Morgan fingerprint density at radius 2 is 1.83 bits per heavy atom. The molecule has 0 saturated carbocycles. The first-order chi connectivity index (χ1) is 8.65. The van der Waals surface area contributed by atoms with Crippen molar-refractivity contribution in [3.63, 3.8) is 0 Å². The second-order valence-electron chi connectivity index (χ2n) is 4.29. The van der Waals surface area contributed by atoms with E-state index in [0.29, 0.717) is 6.54 Å². The zero-order valence-corrected chi connectivity index (χ0v) is 11.0. The van der Waals surface area contributed by atoms with Gasteiger partial charge in [0.1, 0.15) is 0 Å². The maximum Gasteiger partial charge on any atom is 0.319 e. The summed E-state index contributed by atoms with van der Waals surface area (Å²) in [6.45, 7) is 1.62. The number of carbonyl (C=O) groups is 2. The highest BCUT2D eigenvalue weighted by Crippen LogP contribution is 2.15. The molecule has 6 nitrogen and oxygen atoms in total. The molecule has 1 saturated heterocycles. The summed E-state index contributed by atoms with van der Waals surface area (Å²) in [5, 5.41) is 0. The maximum absolute atomic E-state index is 11.2. The molecule has 1 fully saturated rings. The zero-order chi connectivity index (χ0) is 13.4. The van der Waals surface area contributed by atoms with E-state index < -0.39 is 0 Å². The van der Waals surface area contributed by atoms with Crippen molar-refractivity contribution in [3.05, 3.63) is 0 Å². The highest BCUT2D eigenvalue weighted by Gasteiger charge is 2.20. The van der Waals surface area contributed by atoms with Gasteiger partial charge in [-0.05, 0) is 19.3 Å². The Labute approximate surface area is 107 Å². The first-order valence-electron chi connectivity index (χ1n) is 6.13. The molecule has 0 amide bonds. The fraction of sp³-hybridized carbons (Fsp3) is 0.833. The van der Waals surface area contributed by atoms with E-state index in [2.05, 4.69) is 9.47 Å². The molecule has 0 N–H and O–H groups in total. The minimum atomic E-state index is -0.355. The van der Waals surface area contributed by atoms with Crippen molar-refractivity contribution in [1.82, 2.24) is 4.90 Å². The number of nitrogens with zero attached hydrogens (tertiary/aromatic N) is 1. The third kappa shape index (κ3) is 5.46. The van der Waals surface area contributed by atoms with E-state index in [-0.39, 0.29) is 31.1 Å². The fourth-order valence-electron chi connectivity index (χ4n) is 1.91. The summed E-state index contributed by atoms with van der Waals surface area (Å²) < 4.78 is 14.7. The molecule has 0 spiro atoms. The maximum atomic E-state index is 11.2. The average Bonchev–Trinajstić information content (AvgIpc) is 2.88. The van der Waals surface area contributed by atoms with Crippen LogP contribution in [0, 0.1) is 0 Å². The summed E-state index contributed by atoms with van der Waals surface area (Å²) in [4.78, 5) is 24.2. The Morgan fingerprint density at radius 3 is 2.28 bits per heavy atom. The molecule has 0 radical (unpaired) electrons. The lowest BCUT2D eigenvalue weighted by Gasteiger charge is -2.21. The molecule has 0 bridgehead atoms. The van der Waals surface area contributed by atoms with Gasteiger partial charge in [-0.3, -0.25) is 14.5 Å². The van der Waals surface area contributed by atoms with Crippen LogP contribution >= 0.6 is 0 Å². The van der Waals surface area contributed by atoms with Crippen LogP contribution in [0.1, 0.15) is 19.3 Å². The summed E-state index contributed by atoms with van der Waals surface area (Å²) in [7, 11) is 2.66. The van der Waals surface area contributed by atoms with Crippen molar-refractivity contribution < 1.29 is 23.8 Å². The summed E-state index contributed by atoms with van der Waals surface area (Å²) in [5.74, 6) is -0.711. The molecule has 1 aliphatic heterocycles. The van der Waals surface area contributed by atoms with Crippen LogP contribution in [0.15, 0.2) is 0 Å². The Morgan fingerprint density at radius 1 is 1.22 bits per heavy atom. The van der Waals surface area contributed by atoms with E-state index in [0.717, 1.165) is 25.9 Å². The van der Waals surface area contributed by atoms with E-state index >= 15 is 0 Å². The highest BCUT2D eigenvalue weighted by molar-refractivity contribution is 5.74. The highest BCUT2D eigenvalue weighted by atomic mass is 16.5. The number of ether oxygens (including phenoxy) is 3. The van der Waals surface area contributed by atoms with Crippen LogP contribution in [0.2, 0.25) is 0 Å². The van der Waals surface area contributed by atoms with Crippen molar-refractivity contribution in [2.45, 2.75) is 25.4 Å². The quantitative estimate of drug-likeness (QED) is 0.609. The zero-order valence-electron chi connectivity index (χ0n) is 11.0. The van der Waals surface area contributed by atoms with Gasteiger partial charge < -0.3 is 14.2 Å². The van der Waals surface area contributed by atoms with Crippen LogP contribution in [0.3, 0.4) is 0 Å². The number of esters is 2. The van der Waals surface area contributed by atoms with Crippen LogP contribution in [-0.2, 0) is 23.8 Å². The minimum Gasteiger partial charge on any atom is -0.468 e. The lowest BCUT2D eigenvalue weighted by atomic mass is 10.2. The van der Waals surface area contributed by atoms with Gasteiger partial charge in [-0.1, -0.05) is 0 Å². The first kappa shape index (κ1) is 14.9. The van der Waals surface area contributed by atoms with Crippen molar-refractivity contribution in [1.29, 1.82) is 0 Å². The number of rotatable bonds is 7. The number of carbonyl (C=O) groups excluding carboxylic acids is 2. The van der Waals surface area contributed by atoms with Gasteiger partial charge in [0.05, 0.1) is 33.4 Å². The summed E-state index contributed by atoms with van der Waals surface area (Å²) >= 11 is 0. The van der Waals surface area contributed by atoms with Crippen molar-refractivity contribution >= 4 is 11.9 Å². The molecule has 1 aliphatic rings. The topological polar surface area (TPSA) is 65.1 Å². The van der Waals surface area contributed by atoms with Gasteiger partial charge in [0.2, 0.25) is 0 Å². The van der Waals surface area contributed by atoms with Gasteiger partial charge in [-0.15, -0.1) is 0 Å². The Bertz CT molecular complexity index is 258. The molecule has 0 aromatic rings. The number of hydrogen-bond acceptors (Lipinski definition) is 6. The Kier molecular flexibility index (Phi) is 6.67.